The van der Waals surface area contributed by atoms with Crippen molar-refractivity contribution in [1.29, 1.82) is 0 Å². The molecule has 5 heteroatoms. The van der Waals surface area contributed by atoms with Gasteiger partial charge in [0.1, 0.15) is 7.14 Å². The minimum Gasteiger partial charge on any atom is -0.322 e. The number of carbonyl (C=O) groups excluding carboxylic acids is 2. The van der Waals surface area contributed by atoms with E-state index in [4.69, 9.17) is 0 Å². The first-order valence-electron chi connectivity index (χ1n) is 9.26. The van der Waals surface area contributed by atoms with Gasteiger partial charge in [-0.2, -0.15) is 0 Å². The van der Waals surface area contributed by atoms with Crippen LogP contribution in [0.5, 0.6) is 0 Å². The van der Waals surface area contributed by atoms with Gasteiger partial charge >= 0.3 is 0 Å². The topological polar surface area (TPSA) is 54.5 Å². The second kappa shape index (κ2) is 5.77. The van der Waals surface area contributed by atoms with E-state index in [1.54, 1.807) is 12.1 Å². The molecule has 27 heavy (non-hydrogen) atoms. The quantitative estimate of drug-likeness (QED) is 0.460. The summed E-state index contributed by atoms with van der Waals surface area (Å²) in [5.74, 6) is -1.35. The Morgan fingerprint density at radius 1 is 0.889 bits per heavy atom. The first-order chi connectivity index (χ1) is 13.0. The molecule has 2 saturated heterocycles. The molecule has 5 rings (SSSR count). The van der Waals surface area contributed by atoms with E-state index >= 15 is 0 Å². The van der Waals surface area contributed by atoms with Crippen molar-refractivity contribution in [2.45, 2.75) is 24.4 Å². The number of hydrogen-bond acceptors (Lipinski definition) is 3. The van der Waals surface area contributed by atoms with E-state index in [2.05, 4.69) is 0 Å². The van der Waals surface area contributed by atoms with E-state index in [-0.39, 0.29) is 23.1 Å². The third-order valence-electron chi connectivity index (χ3n) is 6.27. The molecule has 3 aliphatic rings. The number of anilines is 1. The highest BCUT2D eigenvalue weighted by atomic mass is 31.2. The van der Waals surface area contributed by atoms with Crippen LogP contribution in [0.2, 0.25) is 0 Å². The predicted molar refractivity (Wildman–Crippen MR) is 105 cm³/mol. The van der Waals surface area contributed by atoms with Gasteiger partial charge in [-0.1, -0.05) is 60.2 Å². The lowest BCUT2D eigenvalue weighted by Crippen LogP contribution is -2.34. The number of benzene rings is 2. The molecule has 0 aliphatic carbocycles. The highest BCUT2D eigenvalue weighted by Crippen LogP contribution is 2.76. The molecular formula is C22H20NO3P. The lowest BCUT2D eigenvalue weighted by atomic mass is 9.82. The summed E-state index contributed by atoms with van der Waals surface area (Å²) in [7, 11) is -2.75. The highest BCUT2D eigenvalue weighted by Gasteiger charge is 2.69. The van der Waals surface area contributed by atoms with Gasteiger partial charge in [0.05, 0.1) is 17.5 Å². The lowest BCUT2D eigenvalue weighted by molar-refractivity contribution is -0.122. The Kier molecular flexibility index (Phi) is 3.57. The summed E-state index contributed by atoms with van der Waals surface area (Å²) in [4.78, 5) is 27.7. The third kappa shape index (κ3) is 2.20. The zero-order valence-corrected chi connectivity index (χ0v) is 15.9. The molecule has 5 atom stereocenters. The third-order valence-corrected chi connectivity index (χ3v) is 10.3. The van der Waals surface area contributed by atoms with Crippen molar-refractivity contribution >= 4 is 24.6 Å². The van der Waals surface area contributed by atoms with Crippen molar-refractivity contribution in [2.75, 3.05) is 4.90 Å². The predicted octanol–water partition coefficient (Wildman–Crippen LogP) is 4.07. The molecule has 3 aliphatic heterocycles. The normalized spacial score (nSPS) is 34.1. The standard InChI is InChI=1S/C22H20NO3P/c1-14-12-17-18-19(20(14)27(17,26)13-15-8-4-2-5-9-15)22(25)23(21(18)24)16-10-6-3-7-11-16/h2-12,17-20H,13H2,1H3. The lowest BCUT2D eigenvalue weighted by Gasteiger charge is -2.24. The molecule has 2 aromatic carbocycles. The van der Waals surface area contributed by atoms with Crippen LogP contribution in [-0.4, -0.2) is 23.1 Å². The van der Waals surface area contributed by atoms with Gasteiger partial charge in [-0.15, -0.1) is 0 Å². The van der Waals surface area contributed by atoms with Gasteiger partial charge in [-0.05, 0) is 24.6 Å². The molecule has 2 amide bonds. The molecule has 3 heterocycles. The number of imide groups is 1. The number of rotatable bonds is 3. The molecule has 2 bridgehead atoms. The summed E-state index contributed by atoms with van der Waals surface area (Å²) in [6, 6.07) is 18.8. The monoisotopic (exact) mass is 377 g/mol. The second-order valence-electron chi connectivity index (χ2n) is 7.74. The van der Waals surface area contributed by atoms with Crippen LogP contribution in [0, 0.1) is 11.8 Å². The molecule has 0 saturated carbocycles. The van der Waals surface area contributed by atoms with Crippen LogP contribution in [0.1, 0.15) is 12.5 Å². The SMILES string of the molecule is CC1=CC2C3C(=O)N(c4ccccc4)C(=O)C3C1P2(=O)Cc1ccccc1. The van der Waals surface area contributed by atoms with Crippen LogP contribution in [0.25, 0.3) is 0 Å². The van der Waals surface area contributed by atoms with Crippen LogP contribution in [0.3, 0.4) is 0 Å². The highest BCUT2D eigenvalue weighted by molar-refractivity contribution is 7.66. The van der Waals surface area contributed by atoms with E-state index in [0.717, 1.165) is 11.1 Å². The van der Waals surface area contributed by atoms with Gasteiger partial charge < -0.3 is 4.57 Å². The zero-order valence-electron chi connectivity index (χ0n) is 15.0. The minimum absolute atomic E-state index is 0.190. The molecule has 2 fully saturated rings. The van der Waals surface area contributed by atoms with E-state index < -0.39 is 19.0 Å². The van der Waals surface area contributed by atoms with Crippen molar-refractivity contribution in [3.8, 4) is 0 Å². The maximum atomic E-state index is 14.1. The Labute approximate surface area is 158 Å². The van der Waals surface area contributed by atoms with E-state index in [9.17, 15) is 14.2 Å². The van der Waals surface area contributed by atoms with Gasteiger partial charge in [0.15, 0.2) is 0 Å². The Morgan fingerprint density at radius 2 is 1.48 bits per heavy atom. The summed E-state index contributed by atoms with van der Waals surface area (Å²) < 4.78 is 14.1. The van der Waals surface area contributed by atoms with Crippen molar-refractivity contribution < 1.29 is 14.2 Å². The van der Waals surface area contributed by atoms with E-state index in [0.29, 0.717) is 11.8 Å². The first-order valence-corrected chi connectivity index (χ1v) is 11.3. The average molecular weight is 377 g/mol. The van der Waals surface area contributed by atoms with Crippen LogP contribution in [0.4, 0.5) is 5.69 Å². The van der Waals surface area contributed by atoms with Gasteiger partial charge in [0.25, 0.3) is 0 Å². The number of amides is 2. The Balaban J connectivity index is 1.55. The number of para-hydroxylation sites is 1. The second-order valence-corrected chi connectivity index (χ2v) is 10.9. The molecular weight excluding hydrogens is 357 g/mol. The number of carbonyl (C=O) groups is 2. The molecule has 0 N–H and O–H groups in total. The fourth-order valence-corrected chi connectivity index (χ4v) is 9.80. The molecule has 4 nitrogen and oxygen atoms in total. The maximum absolute atomic E-state index is 14.1. The number of allylic oxidation sites excluding steroid dienone is 2. The van der Waals surface area contributed by atoms with E-state index in [1.165, 1.54) is 4.90 Å². The summed E-state index contributed by atoms with van der Waals surface area (Å²) >= 11 is 0. The largest absolute Gasteiger partial charge is 0.322 e. The Bertz CT molecular complexity index is 1010. The van der Waals surface area contributed by atoms with Crippen molar-refractivity contribution in [3.05, 3.63) is 77.9 Å². The molecule has 0 radical (unpaired) electrons. The van der Waals surface area contributed by atoms with Gasteiger partial charge in [0, 0.05) is 17.5 Å². The summed E-state index contributed by atoms with van der Waals surface area (Å²) in [5.41, 5.74) is 2.00. The van der Waals surface area contributed by atoms with Gasteiger partial charge in [-0.3, -0.25) is 9.59 Å². The van der Waals surface area contributed by atoms with Crippen LogP contribution >= 0.6 is 7.14 Å². The number of hydrogen-bond donors (Lipinski definition) is 0. The smallest absolute Gasteiger partial charge is 0.238 e. The fraction of sp³-hybridized carbons (Fsp3) is 0.273. The first kappa shape index (κ1) is 16.7. The Hall–Kier alpha value is -2.45. The molecule has 0 spiro atoms. The molecule has 5 unspecified atom stereocenters. The minimum atomic E-state index is -2.75. The van der Waals surface area contributed by atoms with Crippen molar-refractivity contribution in [3.63, 3.8) is 0 Å². The van der Waals surface area contributed by atoms with Gasteiger partial charge in [-0.25, -0.2) is 4.90 Å². The average Bonchev–Trinajstić information content (AvgIpc) is 3.17. The molecule has 136 valence electrons. The molecule has 2 aromatic rings. The zero-order chi connectivity index (χ0) is 18.8. The van der Waals surface area contributed by atoms with E-state index in [1.807, 2.05) is 61.5 Å². The summed E-state index contributed by atoms with van der Waals surface area (Å²) in [5, 5.41) is 0. The number of fused-ring (bicyclic) bond motifs is 5. The van der Waals surface area contributed by atoms with Crippen LogP contribution in [-0.2, 0) is 20.3 Å². The van der Waals surface area contributed by atoms with Crippen molar-refractivity contribution in [1.82, 2.24) is 0 Å². The summed E-state index contributed by atoms with van der Waals surface area (Å²) in [6.45, 7) is 1.96. The van der Waals surface area contributed by atoms with Crippen LogP contribution in [0.15, 0.2) is 72.3 Å². The Morgan fingerprint density at radius 3 is 2.15 bits per heavy atom. The fourth-order valence-electron chi connectivity index (χ4n) is 5.26. The van der Waals surface area contributed by atoms with Crippen LogP contribution < -0.4 is 4.90 Å². The molecule has 0 aromatic heterocycles. The maximum Gasteiger partial charge on any atom is 0.238 e. The van der Waals surface area contributed by atoms with Crippen molar-refractivity contribution in [2.24, 2.45) is 11.8 Å². The van der Waals surface area contributed by atoms with Gasteiger partial charge in [0.2, 0.25) is 11.8 Å². The number of nitrogens with zero attached hydrogens (tertiary/aromatic N) is 1. The summed E-state index contributed by atoms with van der Waals surface area (Å²) in [6.07, 6.45) is 2.46.